The molecule has 2 aromatic carbocycles. The van der Waals surface area contributed by atoms with Gasteiger partial charge in [0.05, 0.1) is 0 Å². The normalized spacial score (nSPS) is 18.4. The molecule has 0 heterocycles. The maximum absolute atomic E-state index is 13.2. The largest absolute Gasteiger partial charge is 0.324 e. The van der Waals surface area contributed by atoms with E-state index in [0.717, 1.165) is 24.0 Å². The molecule has 2 N–H and O–H groups in total. The molecule has 0 saturated heterocycles. The van der Waals surface area contributed by atoms with E-state index in [2.05, 4.69) is 18.2 Å². The summed E-state index contributed by atoms with van der Waals surface area (Å²) in [5.41, 5.74) is 10.4. The van der Waals surface area contributed by atoms with Gasteiger partial charge in [-0.1, -0.05) is 42.5 Å². The maximum atomic E-state index is 13.2. The molecule has 1 aliphatic carbocycles. The van der Waals surface area contributed by atoms with Crippen molar-refractivity contribution in [2.24, 2.45) is 5.73 Å². The number of halogens is 1. The first-order chi connectivity index (χ1) is 9.22. The molecule has 0 saturated carbocycles. The van der Waals surface area contributed by atoms with Crippen molar-refractivity contribution in [3.05, 3.63) is 66.0 Å². The van der Waals surface area contributed by atoms with Crippen LogP contribution in [-0.2, 0) is 0 Å². The van der Waals surface area contributed by atoms with E-state index in [1.165, 1.54) is 17.2 Å². The average Bonchev–Trinajstić information content (AvgIpc) is 2.86. The fourth-order valence-corrected chi connectivity index (χ4v) is 2.53. The third-order valence-corrected chi connectivity index (χ3v) is 3.58. The molecule has 0 radical (unpaired) electrons. The first-order valence-corrected chi connectivity index (χ1v) is 6.55. The predicted octanol–water partition coefficient (Wildman–Crippen LogP) is 4.00. The molecule has 0 aromatic heterocycles. The molecule has 96 valence electrons. The third kappa shape index (κ3) is 2.59. The molecule has 3 rings (SSSR count). The fraction of sp³-hybridized carbons (Fsp3) is 0.176. The summed E-state index contributed by atoms with van der Waals surface area (Å²) in [6, 6.07) is 15.1. The Balaban J connectivity index is 1.89. The lowest BCUT2D eigenvalue weighted by Crippen LogP contribution is -2.11. The van der Waals surface area contributed by atoms with Crippen LogP contribution in [0, 0.1) is 5.82 Å². The Kier molecular flexibility index (Phi) is 3.18. The van der Waals surface area contributed by atoms with E-state index < -0.39 is 0 Å². The highest BCUT2D eigenvalue weighted by Gasteiger charge is 2.13. The van der Waals surface area contributed by atoms with Crippen LogP contribution in [0.15, 0.2) is 54.6 Å². The van der Waals surface area contributed by atoms with Crippen LogP contribution >= 0.6 is 0 Å². The van der Waals surface area contributed by atoms with Crippen molar-refractivity contribution < 1.29 is 4.39 Å². The van der Waals surface area contributed by atoms with Gasteiger partial charge in [0.1, 0.15) is 5.82 Å². The smallest absolute Gasteiger partial charge is 0.123 e. The molecule has 19 heavy (non-hydrogen) atoms. The van der Waals surface area contributed by atoms with Crippen LogP contribution in [0.25, 0.3) is 16.7 Å². The second kappa shape index (κ2) is 4.98. The van der Waals surface area contributed by atoms with Crippen LogP contribution in [0.4, 0.5) is 4.39 Å². The Hall–Kier alpha value is -1.93. The summed E-state index contributed by atoms with van der Waals surface area (Å²) in [6.45, 7) is 0. The lowest BCUT2D eigenvalue weighted by molar-refractivity contribution is 0.628. The highest BCUT2D eigenvalue weighted by Crippen LogP contribution is 2.29. The van der Waals surface area contributed by atoms with Crippen LogP contribution < -0.4 is 5.73 Å². The Morgan fingerprint density at radius 2 is 1.68 bits per heavy atom. The van der Waals surface area contributed by atoms with Crippen molar-refractivity contribution in [2.45, 2.75) is 18.9 Å². The van der Waals surface area contributed by atoms with Crippen molar-refractivity contribution in [2.75, 3.05) is 0 Å². The van der Waals surface area contributed by atoms with Crippen molar-refractivity contribution in [3.63, 3.8) is 0 Å². The minimum atomic E-state index is -0.203. The second-order valence-electron chi connectivity index (χ2n) is 4.98. The molecule has 0 amide bonds. The van der Waals surface area contributed by atoms with Crippen LogP contribution in [-0.4, -0.2) is 6.04 Å². The van der Waals surface area contributed by atoms with E-state index in [-0.39, 0.29) is 11.9 Å². The molecule has 0 spiro atoms. The molecule has 1 aliphatic rings. The number of hydrogen-bond donors (Lipinski definition) is 1. The highest BCUT2D eigenvalue weighted by atomic mass is 19.1. The van der Waals surface area contributed by atoms with Gasteiger partial charge in [0, 0.05) is 6.04 Å². The molecule has 1 atom stereocenters. The molecule has 1 nitrogen and oxygen atoms in total. The number of rotatable bonds is 2. The quantitative estimate of drug-likeness (QED) is 0.860. The van der Waals surface area contributed by atoms with E-state index >= 15 is 0 Å². The van der Waals surface area contributed by atoms with Crippen molar-refractivity contribution >= 4 is 5.57 Å². The Morgan fingerprint density at radius 1 is 0.947 bits per heavy atom. The molecule has 0 bridgehead atoms. The SMILES string of the molecule is NC1C=C(c2ccc(-c3cccc(F)c3)cc2)CC1. The van der Waals surface area contributed by atoms with Crippen LogP contribution in [0.3, 0.4) is 0 Å². The number of benzene rings is 2. The molecule has 1 unspecified atom stereocenters. The average molecular weight is 253 g/mol. The van der Waals surface area contributed by atoms with E-state index in [0.29, 0.717) is 0 Å². The summed E-state index contributed by atoms with van der Waals surface area (Å²) in [4.78, 5) is 0. The van der Waals surface area contributed by atoms with Gasteiger partial charge in [-0.25, -0.2) is 4.39 Å². The van der Waals surface area contributed by atoms with Crippen molar-refractivity contribution in [1.82, 2.24) is 0 Å². The van der Waals surface area contributed by atoms with Crippen LogP contribution in [0.1, 0.15) is 18.4 Å². The maximum Gasteiger partial charge on any atom is 0.123 e. The summed E-state index contributed by atoms with van der Waals surface area (Å²) < 4.78 is 13.2. The first-order valence-electron chi connectivity index (χ1n) is 6.55. The zero-order chi connectivity index (χ0) is 13.2. The molecule has 0 aliphatic heterocycles. The number of allylic oxidation sites excluding steroid dienone is 1. The number of hydrogen-bond acceptors (Lipinski definition) is 1. The van der Waals surface area contributed by atoms with Gasteiger partial charge in [-0.2, -0.15) is 0 Å². The third-order valence-electron chi connectivity index (χ3n) is 3.58. The molecule has 0 fully saturated rings. The Bertz CT molecular complexity index is 613. The Morgan fingerprint density at radius 3 is 2.32 bits per heavy atom. The number of nitrogens with two attached hydrogens (primary N) is 1. The first kappa shape index (κ1) is 12.1. The van der Waals surface area contributed by atoms with Crippen molar-refractivity contribution in [1.29, 1.82) is 0 Å². The molecule has 2 heteroatoms. The molecular weight excluding hydrogens is 237 g/mol. The molecular formula is C17H16FN. The van der Waals surface area contributed by atoms with E-state index in [9.17, 15) is 4.39 Å². The summed E-state index contributed by atoms with van der Waals surface area (Å²) >= 11 is 0. The lowest BCUT2D eigenvalue weighted by Gasteiger charge is -2.05. The van der Waals surface area contributed by atoms with Gasteiger partial charge in [0.2, 0.25) is 0 Å². The van der Waals surface area contributed by atoms with Gasteiger partial charge < -0.3 is 5.73 Å². The summed E-state index contributed by atoms with van der Waals surface area (Å²) in [6.07, 6.45) is 4.21. The lowest BCUT2D eigenvalue weighted by atomic mass is 10.00. The molecule has 2 aromatic rings. The zero-order valence-corrected chi connectivity index (χ0v) is 10.6. The minimum absolute atomic E-state index is 0.192. The van der Waals surface area contributed by atoms with Gasteiger partial charge >= 0.3 is 0 Å². The summed E-state index contributed by atoms with van der Waals surface area (Å²) in [5, 5.41) is 0. The topological polar surface area (TPSA) is 26.0 Å². The van der Waals surface area contributed by atoms with E-state index in [1.807, 2.05) is 18.2 Å². The summed E-state index contributed by atoms with van der Waals surface area (Å²) in [5.74, 6) is -0.203. The van der Waals surface area contributed by atoms with Gasteiger partial charge in [0.15, 0.2) is 0 Å². The van der Waals surface area contributed by atoms with Gasteiger partial charge in [-0.15, -0.1) is 0 Å². The summed E-state index contributed by atoms with van der Waals surface area (Å²) in [7, 11) is 0. The van der Waals surface area contributed by atoms with Gasteiger partial charge in [-0.05, 0) is 47.2 Å². The van der Waals surface area contributed by atoms with Crippen LogP contribution in [0.5, 0.6) is 0 Å². The van der Waals surface area contributed by atoms with Crippen LogP contribution in [0.2, 0.25) is 0 Å². The second-order valence-corrected chi connectivity index (χ2v) is 4.98. The van der Waals surface area contributed by atoms with Gasteiger partial charge in [-0.3, -0.25) is 0 Å². The van der Waals surface area contributed by atoms with Gasteiger partial charge in [0.25, 0.3) is 0 Å². The van der Waals surface area contributed by atoms with Crippen molar-refractivity contribution in [3.8, 4) is 11.1 Å². The fourth-order valence-electron chi connectivity index (χ4n) is 2.53. The van der Waals surface area contributed by atoms with E-state index in [4.69, 9.17) is 5.73 Å². The predicted molar refractivity (Wildman–Crippen MR) is 77.0 cm³/mol. The highest BCUT2D eigenvalue weighted by molar-refractivity contribution is 5.72. The Labute approximate surface area is 112 Å². The minimum Gasteiger partial charge on any atom is -0.324 e. The standard InChI is InChI=1S/C17H16FN/c18-16-3-1-2-14(10-16)12-4-6-13(7-5-12)15-8-9-17(19)11-15/h1-7,10-11,17H,8-9,19H2. The monoisotopic (exact) mass is 253 g/mol. The van der Waals surface area contributed by atoms with E-state index in [1.54, 1.807) is 12.1 Å². The zero-order valence-electron chi connectivity index (χ0n) is 10.6.